The Balaban J connectivity index is 1.40. The van der Waals surface area contributed by atoms with E-state index in [2.05, 4.69) is 30.3 Å². The highest BCUT2D eigenvalue weighted by atomic mass is 16.3. The number of nitrogens with one attached hydrogen (secondary N) is 2. The smallest absolute Gasteiger partial charge is 0.274 e. The van der Waals surface area contributed by atoms with Crippen LogP contribution in [0, 0.1) is 6.92 Å². The molecular weight excluding hydrogens is 322 g/mol. The number of carbonyl (C=O) groups is 1. The molecule has 1 atom stereocenters. The molecule has 3 N–H and O–H groups in total. The fourth-order valence-electron chi connectivity index (χ4n) is 3.25. The van der Waals surface area contributed by atoms with Gasteiger partial charge in [-0.15, -0.1) is 0 Å². The van der Waals surface area contributed by atoms with Crippen LogP contribution >= 0.6 is 0 Å². The zero-order valence-corrected chi connectivity index (χ0v) is 14.3. The van der Waals surface area contributed by atoms with Crippen molar-refractivity contribution in [1.82, 2.24) is 35.2 Å². The topological polar surface area (TPSA) is 114 Å². The van der Waals surface area contributed by atoms with Crippen molar-refractivity contribution in [2.45, 2.75) is 38.3 Å². The van der Waals surface area contributed by atoms with Crippen LogP contribution in [0.2, 0.25) is 0 Å². The van der Waals surface area contributed by atoms with Gasteiger partial charge in [0.25, 0.3) is 5.91 Å². The lowest BCUT2D eigenvalue weighted by Gasteiger charge is -2.20. The number of aromatic nitrogens is 5. The third kappa shape index (κ3) is 3.72. The molecule has 2 aliphatic rings. The normalized spacial score (nSPS) is 22.2. The van der Waals surface area contributed by atoms with E-state index in [4.69, 9.17) is 0 Å². The van der Waals surface area contributed by atoms with Gasteiger partial charge in [0.2, 0.25) is 0 Å². The van der Waals surface area contributed by atoms with Gasteiger partial charge in [-0.3, -0.25) is 19.9 Å². The largest absolute Gasteiger partial charge is 0.390 e. The van der Waals surface area contributed by atoms with Gasteiger partial charge in [-0.05, 0) is 25.8 Å². The van der Waals surface area contributed by atoms with Crippen molar-refractivity contribution < 1.29 is 9.90 Å². The number of aryl methyl sites for hydroxylation is 1. The predicted molar refractivity (Wildman–Crippen MR) is 88.9 cm³/mol. The average Bonchev–Trinajstić information content (AvgIpc) is 3.22. The van der Waals surface area contributed by atoms with E-state index in [-0.39, 0.29) is 5.91 Å². The maximum Gasteiger partial charge on any atom is 0.274 e. The number of amides is 1. The quantitative estimate of drug-likeness (QED) is 0.720. The number of aliphatic hydroxyl groups is 1. The molecule has 0 aromatic carbocycles. The van der Waals surface area contributed by atoms with E-state index in [1.165, 1.54) is 0 Å². The van der Waals surface area contributed by atoms with Crippen molar-refractivity contribution in [3.8, 4) is 0 Å². The molecule has 1 saturated heterocycles. The number of H-pyrrole nitrogens is 2. The first-order valence-corrected chi connectivity index (χ1v) is 8.71. The summed E-state index contributed by atoms with van der Waals surface area (Å²) in [5.41, 5.74) is 1.48. The number of β-amino-alcohol motifs (C(OH)–C–C–N with tert-alkyl or cyclic N) is 1. The second kappa shape index (κ2) is 6.57. The Kier molecular flexibility index (Phi) is 4.26. The standard InChI is InChI=1S/C16H23N7O2/c1-10-17-15(21-18-10)9-22-4-5-23(8-12(24)7-22)16(25)14-6-13(19-20-14)11-2-3-11/h6,11-12,24H,2-5,7-9H2,1H3,(H,19,20)(H,17,18,21). The summed E-state index contributed by atoms with van der Waals surface area (Å²) in [5.74, 6) is 1.87. The fraction of sp³-hybridized carbons (Fsp3) is 0.625. The minimum Gasteiger partial charge on any atom is -0.390 e. The highest BCUT2D eigenvalue weighted by Gasteiger charge is 2.30. The number of rotatable bonds is 4. The molecule has 9 heteroatoms. The molecule has 25 heavy (non-hydrogen) atoms. The Morgan fingerprint density at radius 3 is 2.84 bits per heavy atom. The fourth-order valence-corrected chi connectivity index (χ4v) is 3.25. The molecule has 1 unspecified atom stereocenters. The SMILES string of the molecule is Cc1nc(CN2CCN(C(=O)c3cc(C4CC4)[nH]n3)CC(O)C2)n[nH]1. The predicted octanol–water partition coefficient (Wildman–Crippen LogP) is 0.0325. The van der Waals surface area contributed by atoms with Gasteiger partial charge >= 0.3 is 0 Å². The molecule has 1 amide bonds. The summed E-state index contributed by atoms with van der Waals surface area (Å²) in [4.78, 5) is 20.8. The van der Waals surface area contributed by atoms with Crippen molar-refractivity contribution in [3.63, 3.8) is 0 Å². The molecule has 0 bridgehead atoms. The Bertz CT molecular complexity index is 751. The van der Waals surface area contributed by atoms with E-state index in [1.807, 2.05) is 13.0 Å². The van der Waals surface area contributed by atoms with Crippen molar-refractivity contribution >= 4 is 5.91 Å². The van der Waals surface area contributed by atoms with Crippen LogP contribution in [-0.4, -0.2) is 78.5 Å². The zero-order valence-electron chi connectivity index (χ0n) is 14.3. The molecule has 0 radical (unpaired) electrons. The molecule has 9 nitrogen and oxygen atoms in total. The Hall–Kier alpha value is -2.26. The summed E-state index contributed by atoms with van der Waals surface area (Å²) < 4.78 is 0. The average molecular weight is 345 g/mol. The van der Waals surface area contributed by atoms with Crippen LogP contribution in [0.25, 0.3) is 0 Å². The number of aromatic amines is 2. The Labute approximate surface area is 145 Å². The number of hydrogen-bond acceptors (Lipinski definition) is 6. The molecular formula is C16H23N7O2. The molecule has 0 spiro atoms. The molecule has 3 heterocycles. The van der Waals surface area contributed by atoms with Gasteiger partial charge in [0.15, 0.2) is 5.82 Å². The number of aliphatic hydroxyl groups excluding tert-OH is 1. The van der Waals surface area contributed by atoms with Crippen molar-refractivity contribution in [1.29, 1.82) is 0 Å². The van der Waals surface area contributed by atoms with Gasteiger partial charge in [0, 0.05) is 37.8 Å². The summed E-state index contributed by atoms with van der Waals surface area (Å²) in [6.45, 7) is 4.42. The van der Waals surface area contributed by atoms with Crippen LogP contribution in [0.4, 0.5) is 0 Å². The minimum absolute atomic E-state index is 0.127. The lowest BCUT2D eigenvalue weighted by molar-refractivity contribution is 0.0657. The first-order chi connectivity index (χ1) is 12.1. The van der Waals surface area contributed by atoms with Crippen LogP contribution in [-0.2, 0) is 6.54 Å². The summed E-state index contributed by atoms with van der Waals surface area (Å²) >= 11 is 0. The van der Waals surface area contributed by atoms with Crippen LogP contribution in [0.5, 0.6) is 0 Å². The highest BCUT2D eigenvalue weighted by Crippen LogP contribution is 2.39. The molecule has 2 aromatic rings. The minimum atomic E-state index is -0.603. The first kappa shape index (κ1) is 16.2. The lowest BCUT2D eigenvalue weighted by atomic mass is 10.2. The van der Waals surface area contributed by atoms with Crippen molar-refractivity contribution in [2.24, 2.45) is 0 Å². The molecule has 1 saturated carbocycles. The van der Waals surface area contributed by atoms with E-state index in [9.17, 15) is 9.90 Å². The third-order valence-corrected chi connectivity index (χ3v) is 4.72. The maximum absolute atomic E-state index is 12.7. The summed E-state index contributed by atoms with van der Waals surface area (Å²) in [7, 11) is 0. The van der Waals surface area contributed by atoms with Crippen LogP contribution in [0.15, 0.2) is 6.07 Å². The molecule has 1 aliphatic heterocycles. The summed E-state index contributed by atoms with van der Waals surface area (Å²) in [6, 6.07) is 1.85. The Morgan fingerprint density at radius 2 is 2.12 bits per heavy atom. The van der Waals surface area contributed by atoms with Gasteiger partial charge in [-0.25, -0.2) is 4.98 Å². The van der Waals surface area contributed by atoms with Crippen molar-refractivity contribution in [2.75, 3.05) is 26.2 Å². The summed E-state index contributed by atoms with van der Waals surface area (Å²) in [5, 5.41) is 24.4. The van der Waals surface area contributed by atoms with Gasteiger partial charge < -0.3 is 10.0 Å². The molecule has 2 fully saturated rings. The number of hydrogen-bond donors (Lipinski definition) is 3. The second-order valence-electron chi connectivity index (χ2n) is 6.96. The lowest BCUT2D eigenvalue weighted by Crippen LogP contribution is -2.37. The van der Waals surface area contributed by atoms with E-state index in [0.29, 0.717) is 50.2 Å². The number of nitrogens with zero attached hydrogens (tertiary/aromatic N) is 5. The van der Waals surface area contributed by atoms with Gasteiger partial charge in [-0.2, -0.15) is 10.2 Å². The first-order valence-electron chi connectivity index (χ1n) is 8.71. The zero-order chi connectivity index (χ0) is 17.4. The van der Waals surface area contributed by atoms with Gasteiger partial charge in [0.05, 0.1) is 12.6 Å². The highest BCUT2D eigenvalue weighted by molar-refractivity contribution is 5.92. The number of carbonyl (C=O) groups excluding carboxylic acids is 1. The van der Waals surface area contributed by atoms with Gasteiger partial charge in [-0.1, -0.05) is 0 Å². The van der Waals surface area contributed by atoms with E-state index >= 15 is 0 Å². The molecule has 134 valence electrons. The Morgan fingerprint density at radius 1 is 1.28 bits per heavy atom. The third-order valence-electron chi connectivity index (χ3n) is 4.72. The van der Waals surface area contributed by atoms with Gasteiger partial charge in [0.1, 0.15) is 11.5 Å². The second-order valence-corrected chi connectivity index (χ2v) is 6.96. The van der Waals surface area contributed by atoms with Crippen molar-refractivity contribution in [3.05, 3.63) is 29.1 Å². The molecule has 4 rings (SSSR count). The van der Waals surface area contributed by atoms with E-state index in [0.717, 1.165) is 24.4 Å². The van der Waals surface area contributed by atoms with Crippen LogP contribution in [0.3, 0.4) is 0 Å². The monoisotopic (exact) mass is 345 g/mol. The molecule has 2 aromatic heterocycles. The van der Waals surface area contributed by atoms with Crippen LogP contribution < -0.4 is 0 Å². The van der Waals surface area contributed by atoms with E-state index < -0.39 is 6.10 Å². The maximum atomic E-state index is 12.7. The van der Waals surface area contributed by atoms with Crippen LogP contribution in [0.1, 0.15) is 46.6 Å². The molecule has 1 aliphatic carbocycles. The summed E-state index contributed by atoms with van der Waals surface area (Å²) in [6.07, 6.45) is 1.72. The van der Waals surface area contributed by atoms with E-state index in [1.54, 1.807) is 4.90 Å².